The van der Waals surface area contributed by atoms with E-state index in [9.17, 15) is 0 Å². The number of aryl methyl sites for hydroxylation is 1. The van der Waals surface area contributed by atoms with Gasteiger partial charge in [-0.1, -0.05) is 5.10 Å². The van der Waals surface area contributed by atoms with Gasteiger partial charge in [0.2, 0.25) is 5.95 Å². The number of likely N-dealkylation sites (N-methyl/N-ethyl adjacent to an activating group) is 1. The molecule has 1 fully saturated rings. The Labute approximate surface area is 76.5 Å². The number of rotatable bonds is 2. The monoisotopic (exact) mass is 183 g/mol. The van der Waals surface area contributed by atoms with E-state index < -0.39 is 0 Å². The van der Waals surface area contributed by atoms with Gasteiger partial charge in [0.05, 0.1) is 12.6 Å². The maximum Gasteiger partial charge on any atom is 0.245 e. The summed E-state index contributed by atoms with van der Waals surface area (Å²) in [5, 5.41) is 11.3. The number of hydrogen-bond donors (Lipinski definition) is 0. The van der Waals surface area contributed by atoms with Gasteiger partial charge in [0, 0.05) is 20.7 Å². The molecule has 1 atom stereocenters. The van der Waals surface area contributed by atoms with Gasteiger partial charge in [0.25, 0.3) is 0 Å². The second-order valence-electron chi connectivity index (χ2n) is 3.23. The molecular weight excluding hydrogens is 170 g/mol. The van der Waals surface area contributed by atoms with Gasteiger partial charge >= 0.3 is 0 Å². The molecule has 0 aliphatic carbocycles. The van der Waals surface area contributed by atoms with Crippen molar-refractivity contribution in [2.24, 2.45) is 7.05 Å². The summed E-state index contributed by atoms with van der Waals surface area (Å²) in [5.41, 5.74) is 0. The Morgan fingerprint density at radius 1 is 1.62 bits per heavy atom. The summed E-state index contributed by atoms with van der Waals surface area (Å²) in [6, 6.07) is 0.407. The Balaban J connectivity index is 2.12. The molecule has 0 amide bonds. The van der Waals surface area contributed by atoms with Gasteiger partial charge in [0.15, 0.2) is 0 Å². The molecule has 13 heavy (non-hydrogen) atoms. The van der Waals surface area contributed by atoms with E-state index in [0.717, 1.165) is 25.6 Å². The van der Waals surface area contributed by atoms with Crippen molar-refractivity contribution in [2.45, 2.75) is 12.5 Å². The predicted octanol–water partition coefficient (Wildman–Crippen LogP) is -0.565. The van der Waals surface area contributed by atoms with Crippen LogP contribution in [0.3, 0.4) is 0 Å². The van der Waals surface area contributed by atoms with Crippen LogP contribution in [0.25, 0.3) is 0 Å². The van der Waals surface area contributed by atoms with Crippen molar-refractivity contribution >= 4 is 5.95 Å². The van der Waals surface area contributed by atoms with Gasteiger partial charge in [0.1, 0.15) is 0 Å². The second-order valence-corrected chi connectivity index (χ2v) is 3.23. The van der Waals surface area contributed by atoms with Crippen LogP contribution in [0.1, 0.15) is 6.42 Å². The van der Waals surface area contributed by atoms with Crippen LogP contribution >= 0.6 is 0 Å². The Morgan fingerprint density at radius 2 is 2.46 bits per heavy atom. The highest BCUT2D eigenvalue weighted by Crippen LogP contribution is 2.15. The Kier molecular flexibility index (Phi) is 2.13. The maximum atomic E-state index is 5.30. The van der Waals surface area contributed by atoms with Gasteiger partial charge in [-0.15, -0.1) is 0 Å². The number of anilines is 1. The van der Waals surface area contributed by atoms with Gasteiger partial charge in [-0.2, -0.15) is 0 Å². The summed E-state index contributed by atoms with van der Waals surface area (Å²) in [6.07, 6.45) is 1.04. The summed E-state index contributed by atoms with van der Waals surface area (Å²) < 4.78 is 6.96. The first kappa shape index (κ1) is 8.43. The lowest BCUT2D eigenvalue weighted by atomic mass is 10.2. The van der Waals surface area contributed by atoms with E-state index >= 15 is 0 Å². The molecule has 72 valence electrons. The molecule has 1 unspecified atom stereocenters. The molecule has 0 bridgehead atoms. The quantitative estimate of drug-likeness (QED) is 0.615. The maximum absolute atomic E-state index is 5.30. The lowest BCUT2D eigenvalue weighted by Crippen LogP contribution is -2.33. The molecule has 1 aromatic heterocycles. The molecular formula is C7H13N5O. The summed E-state index contributed by atoms with van der Waals surface area (Å²) in [5.74, 6) is 0.788. The molecule has 2 heterocycles. The fraction of sp³-hybridized carbons (Fsp3) is 0.857. The molecule has 0 spiro atoms. The van der Waals surface area contributed by atoms with Crippen molar-refractivity contribution in [2.75, 3.05) is 25.2 Å². The average Bonchev–Trinajstić information content (AvgIpc) is 2.72. The van der Waals surface area contributed by atoms with Crippen LogP contribution in [-0.2, 0) is 11.8 Å². The summed E-state index contributed by atoms with van der Waals surface area (Å²) in [4.78, 5) is 2.06. The van der Waals surface area contributed by atoms with Crippen molar-refractivity contribution in [1.82, 2.24) is 20.2 Å². The average molecular weight is 183 g/mol. The van der Waals surface area contributed by atoms with Crippen molar-refractivity contribution < 1.29 is 4.74 Å². The third kappa shape index (κ3) is 1.49. The van der Waals surface area contributed by atoms with Crippen LogP contribution in [0.4, 0.5) is 5.95 Å². The van der Waals surface area contributed by atoms with Gasteiger partial charge in [-0.25, -0.2) is 4.68 Å². The minimum Gasteiger partial charge on any atom is -0.379 e. The smallest absolute Gasteiger partial charge is 0.245 e. The number of hydrogen-bond acceptors (Lipinski definition) is 5. The van der Waals surface area contributed by atoms with Crippen LogP contribution in [0.5, 0.6) is 0 Å². The fourth-order valence-corrected chi connectivity index (χ4v) is 1.51. The fourth-order valence-electron chi connectivity index (χ4n) is 1.51. The first-order valence-corrected chi connectivity index (χ1v) is 4.32. The molecule has 6 nitrogen and oxygen atoms in total. The Morgan fingerprint density at radius 3 is 3.00 bits per heavy atom. The topological polar surface area (TPSA) is 56.1 Å². The van der Waals surface area contributed by atoms with E-state index in [0.29, 0.717) is 6.04 Å². The minimum absolute atomic E-state index is 0.407. The molecule has 0 aromatic carbocycles. The van der Waals surface area contributed by atoms with E-state index in [2.05, 4.69) is 20.4 Å². The van der Waals surface area contributed by atoms with E-state index in [1.807, 2.05) is 14.1 Å². The molecule has 2 rings (SSSR count). The number of aromatic nitrogens is 4. The van der Waals surface area contributed by atoms with Crippen molar-refractivity contribution in [3.05, 3.63) is 0 Å². The molecule has 1 aliphatic heterocycles. The highest BCUT2D eigenvalue weighted by molar-refractivity contribution is 5.28. The van der Waals surface area contributed by atoms with E-state index in [4.69, 9.17) is 4.74 Å². The highest BCUT2D eigenvalue weighted by atomic mass is 16.5. The van der Waals surface area contributed by atoms with Gasteiger partial charge in [-0.3, -0.25) is 0 Å². The SMILES string of the molecule is CN(c1nnnn1C)C1CCOC1. The first-order chi connectivity index (χ1) is 6.29. The Hall–Kier alpha value is -1.17. The van der Waals surface area contributed by atoms with E-state index in [1.54, 1.807) is 4.68 Å². The largest absolute Gasteiger partial charge is 0.379 e. The molecule has 0 N–H and O–H groups in total. The molecule has 6 heteroatoms. The predicted molar refractivity (Wildman–Crippen MR) is 46.4 cm³/mol. The number of ether oxygens (including phenoxy) is 1. The van der Waals surface area contributed by atoms with Crippen LogP contribution in [0, 0.1) is 0 Å². The molecule has 1 aliphatic rings. The standard InChI is InChI=1S/C7H13N5O/c1-11(6-3-4-13-5-6)7-8-9-10-12(7)2/h6H,3-5H2,1-2H3. The third-order valence-corrected chi connectivity index (χ3v) is 2.37. The van der Waals surface area contributed by atoms with E-state index in [-0.39, 0.29) is 0 Å². The summed E-state index contributed by atoms with van der Waals surface area (Å²) in [7, 11) is 3.83. The van der Waals surface area contributed by atoms with Gasteiger partial charge < -0.3 is 9.64 Å². The molecule has 0 radical (unpaired) electrons. The van der Waals surface area contributed by atoms with Crippen molar-refractivity contribution in [3.8, 4) is 0 Å². The van der Waals surface area contributed by atoms with Gasteiger partial charge in [-0.05, 0) is 16.8 Å². The van der Waals surface area contributed by atoms with Crippen molar-refractivity contribution in [1.29, 1.82) is 0 Å². The van der Waals surface area contributed by atoms with E-state index in [1.165, 1.54) is 0 Å². The normalized spacial score (nSPS) is 22.2. The third-order valence-electron chi connectivity index (χ3n) is 2.37. The van der Waals surface area contributed by atoms with Crippen LogP contribution in [0.2, 0.25) is 0 Å². The second kappa shape index (κ2) is 3.29. The molecule has 1 aromatic rings. The zero-order chi connectivity index (χ0) is 9.26. The number of tetrazole rings is 1. The van der Waals surface area contributed by atoms with Crippen LogP contribution in [-0.4, -0.2) is 46.5 Å². The molecule has 1 saturated heterocycles. The van der Waals surface area contributed by atoms with Crippen molar-refractivity contribution in [3.63, 3.8) is 0 Å². The first-order valence-electron chi connectivity index (χ1n) is 4.32. The highest BCUT2D eigenvalue weighted by Gasteiger charge is 2.23. The van der Waals surface area contributed by atoms with Crippen LogP contribution in [0.15, 0.2) is 0 Å². The Bertz CT molecular complexity index is 280. The number of nitrogens with zero attached hydrogens (tertiary/aromatic N) is 5. The summed E-state index contributed by atoms with van der Waals surface area (Å²) in [6.45, 7) is 1.60. The van der Waals surface area contributed by atoms with Crippen LogP contribution < -0.4 is 4.90 Å². The lowest BCUT2D eigenvalue weighted by Gasteiger charge is -2.22. The zero-order valence-electron chi connectivity index (χ0n) is 7.84. The lowest BCUT2D eigenvalue weighted by molar-refractivity contribution is 0.193. The molecule has 0 saturated carbocycles. The summed E-state index contributed by atoms with van der Waals surface area (Å²) >= 11 is 0. The zero-order valence-corrected chi connectivity index (χ0v) is 7.84. The minimum atomic E-state index is 0.407.